The van der Waals surface area contributed by atoms with Crippen LogP contribution in [0.25, 0.3) is 12.2 Å². The van der Waals surface area contributed by atoms with Crippen molar-refractivity contribution in [1.29, 1.82) is 0 Å². The topological polar surface area (TPSA) is 104 Å². The Morgan fingerprint density at radius 3 is 2.24 bits per heavy atom. The molecule has 2 aromatic carbocycles. The normalized spacial score (nSPS) is 31.7. The van der Waals surface area contributed by atoms with E-state index in [0.717, 1.165) is 43.6 Å². The standard InChI is InChI=1S/C22H32O3.C14H12O3/c1-4-20(24)25-19-8-7-17-16-6-5-14-13-15(23)9-11-21(14,2)18(16)10-12-22(17,19)3;15-12-5-3-10(4-6-12)1-2-11-7-13(16)9-14(17)8-11/h13,16-19H,4-12H2,1-3H3;1-9,15-17H. The van der Waals surface area contributed by atoms with Crippen molar-refractivity contribution in [3.63, 3.8) is 0 Å². The maximum absolute atomic E-state index is 11.9. The summed E-state index contributed by atoms with van der Waals surface area (Å²) in [7, 11) is 0. The van der Waals surface area contributed by atoms with Gasteiger partial charge in [0.2, 0.25) is 0 Å². The number of rotatable bonds is 4. The van der Waals surface area contributed by atoms with E-state index < -0.39 is 0 Å². The average molecular weight is 573 g/mol. The third kappa shape index (κ3) is 5.99. The maximum Gasteiger partial charge on any atom is 0.305 e. The first kappa shape index (κ1) is 29.9. The van der Waals surface area contributed by atoms with Gasteiger partial charge in [-0.2, -0.15) is 0 Å². The molecule has 4 aliphatic carbocycles. The molecule has 0 aromatic heterocycles. The molecule has 42 heavy (non-hydrogen) atoms. The minimum Gasteiger partial charge on any atom is -0.508 e. The number of hydrogen-bond donors (Lipinski definition) is 3. The number of ether oxygens (including phenoxy) is 1. The molecule has 0 bridgehead atoms. The number of fused-ring (bicyclic) bond motifs is 5. The van der Waals surface area contributed by atoms with Crippen molar-refractivity contribution in [3.8, 4) is 17.2 Å². The maximum atomic E-state index is 11.9. The van der Waals surface area contributed by atoms with E-state index in [1.54, 1.807) is 42.5 Å². The lowest BCUT2D eigenvalue weighted by molar-refractivity contribution is -0.159. The molecule has 6 heteroatoms. The molecule has 6 atom stereocenters. The van der Waals surface area contributed by atoms with Crippen LogP contribution in [0.4, 0.5) is 0 Å². The van der Waals surface area contributed by atoms with Crippen molar-refractivity contribution in [2.75, 3.05) is 0 Å². The smallest absolute Gasteiger partial charge is 0.305 e. The van der Waals surface area contributed by atoms with Crippen LogP contribution in [-0.2, 0) is 14.3 Å². The fourth-order valence-corrected chi connectivity index (χ4v) is 8.44. The van der Waals surface area contributed by atoms with E-state index in [2.05, 4.69) is 13.8 Å². The molecule has 3 saturated carbocycles. The van der Waals surface area contributed by atoms with Gasteiger partial charge in [0.15, 0.2) is 5.78 Å². The largest absolute Gasteiger partial charge is 0.508 e. The Labute approximate surface area is 249 Å². The van der Waals surface area contributed by atoms with E-state index in [0.29, 0.717) is 29.6 Å². The van der Waals surface area contributed by atoms with Gasteiger partial charge in [-0.3, -0.25) is 9.59 Å². The summed E-state index contributed by atoms with van der Waals surface area (Å²) in [6, 6.07) is 11.1. The van der Waals surface area contributed by atoms with Crippen LogP contribution in [0.1, 0.15) is 89.7 Å². The predicted molar refractivity (Wildman–Crippen MR) is 164 cm³/mol. The molecule has 0 saturated heterocycles. The molecule has 0 amide bonds. The lowest BCUT2D eigenvalue weighted by atomic mass is 9.47. The molecule has 2 aromatic rings. The van der Waals surface area contributed by atoms with Crippen LogP contribution < -0.4 is 0 Å². The van der Waals surface area contributed by atoms with E-state index in [-0.39, 0.29) is 40.2 Å². The van der Waals surface area contributed by atoms with Crippen molar-refractivity contribution >= 4 is 23.9 Å². The molecular weight excluding hydrogens is 528 g/mol. The summed E-state index contributed by atoms with van der Waals surface area (Å²) in [6.07, 6.45) is 14.9. The number of hydrogen-bond acceptors (Lipinski definition) is 6. The number of esters is 1. The van der Waals surface area contributed by atoms with Gasteiger partial charge in [0.05, 0.1) is 0 Å². The Morgan fingerprint density at radius 1 is 0.857 bits per heavy atom. The van der Waals surface area contributed by atoms with Gasteiger partial charge in [-0.1, -0.05) is 50.6 Å². The minimum absolute atomic E-state index is 0.0235. The van der Waals surface area contributed by atoms with Crippen LogP contribution in [0.15, 0.2) is 54.1 Å². The van der Waals surface area contributed by atoms with Gasteiger partial charge >= 0.3 is 5.97 Å². The van der Waals surface area contributed by atoms with Gasteiger partial charge in [0, 0.05) is 24.3 Å². The van der Waals surface area contributed by atoms with Crippen LogP contribution in [0.3, 0.4) is 0 Å². The number of carbonyl (C=O) groups excluding carboxylic acids is 2. The van der Waals surface area contributed by atoms with E-state index in [1.807, 2.05) is 19.1 Å². The monoisotopic (exact) mass is 572 g/mol. The van der Waals surface area contributed by atoms with Crippen LogP contribution in [-0.4, -0.2) is 33.2 Å². The molecule has 6 unspecified atom stereocenters. The van der Waals surface area contributed by atoms with Gasteiger partial charge in [0.25, 0.3) is 0 Å². The predicted octanol–water partition coefficient (Wildman–Crippen LogP) is 7.81. The Bertz CT molecular complexity index is 1350. The lowest BCUT2D eigenvalue weighted by Crippen LogP contribution is -2.51. The molecule has 0 heterocycles. The van der Waals surface area contributed by atoms with Gasteiger partial charge in [0.1, 0.15) is 23.4 Å². The molecule has 0 aliphatic heterocycles. The third-order valence-corrected chi connectivity index (χ3v) is 10.7. The Hall–Kier alpha value is -3.54. The SMILES string of the molecule is CCC(=O)OC1CCC2C3CCC4=CC(=O)CCC4(C)C3CCC12C.Oc1ccc(C=Cc2cc(O)cc(O)c2)cc1. The number of phenols is 3. The molecule has 0 radical (unpaired) electrons. The molecule has 4 aliphatic rings. The first-order chi connectivity index (χ1) is 20.0. The summed E-state index contributed by atoms with van der Waals surface area (Å²) >= 11 is 0. The molecule has 0 spiro atoms. The first-order valence-electron chi connectivity index (χ1n) is 15.5. The van der Waals surface area contributed by atoms with Crippen LogP contribution in [0.5, 0.6) is 17.2 Å². The molecule has 224 valence electrons. The summed E-state index contributed by atoms with van der Waals surface area (Å²) in [4.78, 5) is 23.8. The zero-order chi connectivity index (χ0) is 30.1. The molecule has 3 fully saturated rings. The molecule has 3 N–H and O–H groups in total. The average Bonchev–Trinajstić information content (AvgIpc) is 3.28. The first-order valence-corrected chi connectivity index (χ1v) is 15.5. The summed E-state index contributed by atoms with van der Waals surface area (Å²) in [5, 5.41) is 27.7. The van der Waals surface area contributed by atoms with Crippen LogP contribution in [0, 0.1) is 28.6 Å². The van der Waals surface area contributed by atoms with Crippen molar-refractivity contribution in [1.82, 2.24) is 0 Å². The lowest BCUT2D eigenvalue weighted by Gasteiger charge is -2.57. The van der Waals surface area contributed by atoms with E-state index in [9.17, 15) is 19.8 Å². The highest BCUT2D eigenvalue weighted by Crippen LogP contribution is 2.65. The van der Waals surface area contributed by atoms with Gasteiger partial charge in [-0.15, -0.1) is 0 Å². The Morgan fingerprint density at radius 2 is 1.55 bits per heavy atom. The molecule has 6 rings (SSSR count). The van der Waals surface area contributed by atoms with Gasteiger partial charge < -0.3 is 20.1 Å². The van der Waals surface area contributed by atoms with Crippen molar-refractivity contribution in [2.24, 2.45) is 28.6 Å². The number of aromatic hydroxyl groups is 3. The summed E-state index contributed by atoms with van der Waals surface area (Å²) in [6.45, 7) is 6.69. The zero-order valence-electron chi connectivity index (χ0n) is 25.0. The number of phenolic OH excluding ortho intramolecular Hbond substituents is 3. The summed E-state index contributed by atoms with van der Waals surface area (Å²) in [5.74, 6) is 2.68. The Kier molecular flexibility index (Phi) is 8.54. The fraction of sp³-hybridized carbons (Fsp3) is 0.500. The Balaban J connectivity index is 0.000000181. The minimum atomic E-state index is -0.0411. The second kappa shape index (κ2) is 12.0. The quantitative estimate of drug-likeness (QED) is 0.255. The number of benzene rings is 2. The number of allylic oxidation sites excluding steroid dienone is 1. The van der Waals surface area contributed by atoms with Crippen LogP contribution in [0.2, 0.25) is 0 Å². The van der Waals surface area contributed by atoms with E-state index >= 15 is 0 Å². The van der Waals surface area contributed by atoms with E-state index in [1.165, 1.54) is 30.9 Å². The van der Waals surface area contributed by atoms with Crippen LogP contribution >= 0.6 is 0 Å². The fourth-order valence-electron chi connectivity index (χ4n) is 8.44. The van der Waals surface area contributed by atoms with Crippen molar-refractivity contribution in [2.45, 2.75) is 84.7 Å². The second-order valence-corrected chi connectivity index (χ2v) is 13.1. The van der Waals surface area contributed by atoms with E-state index in [4.69, 9.17) is 9.84 Å². The molecular formula is C36H44O6. The summed E-state index contributed by atoms with van der Waals surface area (Å²) in [5.41, 5.74) is 3.45. The molecule has 6 nitrogen and oxygen atoms in total. The highest BCUT2D eigenvalue weighted by Gasteiger charge is 2.59. The number of ketones is 1. The number of carbonyl (C=O) groups is 2. The van der Waals surface area contributed by atoms with Crippen molar-refractivity contribution in [3.05, 3.63) is 65.2 Å². The third-order valence-electron chi connectivity index (χ3n) is 10.7. The highest BCUT2D eigenvalue weighted by atomic mass is 16.5. The second-order valence-electron chi connectivity index (χ2n) is 13.1. The summed E-state index contributed by atoms with van der Waals surface area (Å²) < 4.78 is 5.86. The van der Waals surface area contributed by atoms with Gasteiger partial charge in [-0.25, -0.2) is 0 Å². The zero-order valence-corrected chi connectivity index (χ0v) is 25.0. The van der Waals surface area contributed by atoms with Crippen molar-refractivity contribution < 1.29 is 29.6 Å². The highest BCUT2D eigenvalue weighted by molar-refractivity contribution is 5.91. The van der Waals surface area contributed by atoms with Gasteiger partial charge in [-0.05, 0) is 110 Å².